The number of nitrogens with one attached hydrogen (secondary N) is 2. The fourth-order valence-corrected chi connectivity index (χ4v) is 9.06. The number of hydrogen-bond donors (Lipinski definition) is 3. The Hall–Kier alpha value is -4.17. The topological polar surface area (TPSA) is 130 Å². The molecule has 9 nitrogen and oxygen atoms in total. The number of benzene rings is 2. The Labute approximate surface area is 240 Å². The molecule has 2 heterocycles. The van der Waals surface area contributed by atoms with Crippen LogP contribution in [0.25, 0.3) is 11.2 Å². The van der Waals surface area contributed by atoms with Crippen molar-refractivity contribution in [3.63, 3.8) is 0 Å². The summed E-state index contributed by atoms with van der Waals surface area (Å²) < 4.78 is 6.73. The highest BCUT2D eigenvalue weighted by Crippen LogP contribution is 2.36. The van der Waals surface area contributed by atoms with E-state index in [1.165, 1.54) is 6.20 Å². The van der Waals surface area contributed by atoms with E-state index in [1.54, 1.807) is 20.8 Å². The van der Waals surface area contributed by atoms with Crippen LogP contribution in [0, 0.1) is 17.3 Å². The largest absolute Gasteiger partial charge is 0.404 e. The molecule has 0 bridgehead atoms. The third-order valence-corrected chi connectivity index (χ3v) is 11.6. The van der Waals surface area contributed by atoms with Gasteiger partial charge in [-0.3, -0.25) is 19.9 Å². The quantitative estimate of drug-likeness (QED) is 0.240. The summed E-state index contributed by atoms with van der Waals surface area (Å²) in [6.45, 7) is 11.7. The minimum absolute atomic E-state index is 0.00791. The lowest BCUT2D eigenvalue weighted by Gasteiger charge is -2.43. The van der Waals surface area contributed by atoms with Crippen molar-refractivity contribution in [2.45, 2.75) is 52.7 Å². The van der Waals surface area contributed by atoms with Crippen LogP contribution < -0.4 is 21.2 Å². The van der Waals surface area contributed by atoms with E-state index in [0.717, 1.165) is 10.4 Å². The van der Waals surface area contributed by atoms with Crippen molar-refractivity contribution in [2.24, 2.45) is 5.41 Å². The lowest BCUT2D eigenvalue weighted by atomic mass is 9.96. The average molecular weight is 570 g/mol. The Morgan fingerprint density at radius 3 is 2.12 bits per heavy atom. The number of hydrogen-bond acceptors (Lipinski definition) is 7. The minimum atomic E-state index is -2.83. The van der Waals surface area contributed by atoms with Crippen LogP contribution in [-0.4, -0.2) is 52.0 Å². The number of aromatic nitrogens is 4. The van der Waals surface area contributed by atoms with E-state index in [-0.39, 0.29) is 40.4 Å². The number of rotatable bonds is 6. The molecular formula is C31H35N5O4Si. The Balaban J connectivity index is 1.58. The van der Waals surface area contributed by atoms with Gasteiger partial charge in [0, 0.05) is 5.41 Å². The van der Waals surface area contributed by atoms with Gasteiger partial charge in [0.2, 0.25) is 11.9 Å². The normalized spacial score (nSPS) is 12.9. The molecule has 2 aromatic carbocycles. The highest BCUT2D eigenvalue weighted by molar-refractivity contribution is 6.99. The SMILES string of the molecule is CC(C)(C)C(=O)Nc1nc2ncc(C#CC(O)CO[Si](c3ccccc3)(c3ccccc3)C(C)(C)C)nc2c(=O)[nH]1. The summed E-state index contributed by atoms with van der Waals surface area (Å²) in [6.07, 6.45) is 0.257. The molecule has 212 valence electrons. The van der Waals surface area contributed by atoms with Crippen molar-refractivity contribution in [1.82, 2.24) is 19.9 Å². The Morgan fingerprint density at radius 1 is 1.00 bits per heavy atom. The van der Waals surface area contributed by atoms with Crippen LogP contribution in [0.3, 0.4) is 0 Å². The van der Waals surface area contributed by atoms with Gasteiger partial charge in [-0.15, -0.1) is 0 Å². The zero-order valence-electron chi connectivity index (χ0n) is 24.1. The molecule has 0 saturated heterocycles. The van der Waals surface area contributed by atoms with Crippen molar-refractivity contribution in [3.05, 3.63) is 82.9 Å². The van der Waals surface area contributed by atoms with Gasteiger partial charge in [-0.2, -0.15) is 4.98 Å². The van der Waals surface area contributed by atoms with Crippen molar-refractivity contribution in [3.8, 4) is 11.8 Å². The smallest absolute Gasteiger partial charge is 0.280 e. The maximum absolute atomic E-state index is 12.6. The molecule has 0 aliphatic rings. The second-order valence-electron chi connectivity index (χ2n) is 11.8. The summed E-state index contributed by atoms with van der Waals surface area (Å²) in [5, 5.41) is 15.4. The lowest BCUT2D eigenvalue weighted by Crippen LogP contribution is -2.67. The zero-order chi connectivity index (χ0) is 29.8. The number of nitrogens with zero attached hydrogens (tertiary/aromatic N) is 3. The first kappa shape index (κ1) is 29.8. The van der Waals surface area contributed by atoms with E-state index < -0.39 is 25.4 Å². The number of carbonyl (C=O) groups excluding carboxylic acids is 1. The first-order valence-electron chi connectivity index (χ1n) is 13.3. The second kappa shape index (κ2) is 11.7. The van der Waals surface area contributed by atoms with Crippen LogP contribution in [0.5, 0.6) is 0 Å². The monoisotopic (exact) mass is 569 g/mol. The van der Waals surface area contributed by atoms with Gasteiger partial charge in [-0.25, -0.2) is 9.97 Å². The molecule has 0 radical (unpaired) electrons. The maximum Gasteiger partial charge on any atom is 0.280 e. The summed E-state index contributed by atoms with van der Waals surface area (Å²) in [5.74, 6) is 5.26. The highest BCUT2D eigenvalue weighted by Gasteiger charge is 2.50. The third kappa shape index (κ3) is 6.60. The highest BCUT2D eigenvalue weighted by atomic mass is 28.4. The molecule has 4 rings (SSSR count). The van der Waals surface area contributed by atoms with E-state index in [9.17, 15) is 14.7 Å². The van der Waals surface area contributed by atoms with Gasteiger partial charge in [0.25, 0.3) is 13.9 Å². The summed E-state index contributed by atoms with van der Waals surface area (Å²) in [7, 11) is -2.83. The van der Waals surface area contributed by atoms with Crippen molar-refractivity contribution in [2.75, 3.05) is 11.9 Å². The minimum Gasteiger partial charge on any atom is -0.404 e. The van der Waals surface area contributed by atoms with Gasteiger partial charge in [-0.05, 0) is 21.3 Å². The number of H-pyrrole nitrogens is 1. The number of aliphatic hydroxyl groups excluding tert-OH is 1. The molecule has 3 N–H and O–H groups in total. The summed E-state index contributed by atoms with van der Waals surface area (Å²) in [4.78, 5) is 40.0. The molecule has 10 heteroatoms. The molecule has 1 unspecified atom stereocenters. The molecular weight excluding hydrogens is 534 g/mol. The second-order valence-corrected chi connectivity index (χ2v) is 16.1. The lowest BCUT2D eigenvalue weighted by molar-refractivity contribution is -0.123. The van der Waals surface area contributed by atoms with Gasteiger partial charge in [0.15, 0.2) is 11.2 Å². The van der Waals surface area contributed by atoms with E-state index in [1.807, 2.05) is 36.4 Å². The van der Waals surface area contributed by atoms with Crippen molar-refractivity contribution >= 4 is 41.7 Å². The summed E-state index contributed by atoms with van der Waals surface area (Å²) in [6, 6.07) is 20.3. The molecule has 2 aromatic heterocycles. The third-order valence-electron chi connectivity index (χ3n) is 6.57. The fourth-order valence-electron chi connectivity index (χ4n) is 4.50. The Morgan fingerprint density at radius 2 is 1.59 bits per heavy atom. The van der Waals surface area contributed by atoms with E-state index >= 15 is 0 Å². The predicted molar refractivity (Wildman–Crippen MR) is 162 cm³/mol. The average Bonchev–Trinajstić information content (AvgIpc) is 2.92. The summed E-state index contributed by atoms with van der Waals surface area (Å²) in [5.41, 5.74) is -0.991. The van der Waals surface area contributed by atoms with Crippen LogP contribution in [0.1, 0.15) is 47.2 Å². The number of fused-ring (bicyclic) bond motifs is 1. The van der Waals surface area contributed by atoms with Crippen LogP contribution in [-0.2, 0) is 9.22 Å². The van der Waals surface area contributed by atoms with Gasteiger partial charge in [0.05, 0.1) is 12.8 Å². The molecule has 0 saturated carbocycles. The van der Waals surface area contributed by atoms with Crippen molar-refractivity contribution in [1.29, 1.82) is 0 Å². The molecule has 0 aliphatic carbocycles. The number of carbonyl (C=O) groups is 1. The Bertz CT molecular complexity index is 1610. The number of aliphatic hydroxyl groups is 1. The van der Waals surface area contributed by atoms with Gasteiger partial charge < -0.3 is 9.53 Å². The van der Waals surface area contributed by atoms with E-state index in [0.29, 0.717) is 0 Å². The molecule has 0 aliphatic heterocycles. The zero-order valence-corrected chi connectivity index (χ0v) is 25.1. The molecule has 0 fully saturated rings. The van der Waals surface area contributed by atoms with Crippen LogP contribution in [0.2, 0.25) is 5.04 Å². The van der Waals surface area contributed by atoms with Gasteiger partial charge in [0.1, 0.15) is 11.8 Å². The number of aromatic amines is 1. The maximum atomic E-state index is 12.6. The van der Waals surface area contributed by atoms with Crippen LogP contribution in [0.4, 0.5) is 5.95 Å². The number of anilines is 1. The molecule has 41 heavy (non-hydrogen) atoms. The Kier molecular flexibility index (Phi) is 8.54. The van der Waals surface area contributed by atoms with Crippen molar-refractivity contribution < 1.29 is 14.3 Å². The van der Waals surface area contributed by atoms with Gasteiger partial charge in [-0.1, -0.05) is 108 Å². The molecule has 4 aromatic rings. The molecule has 1 atom stereocenters. The molecule has 0 spiro atoms. The van der Waals surface area contributed by atoms with Crippen LogP contribution >= 0.6 is 0 Å². The first-order chi connectivity index (χ1) is 19.3. The molecule has 1 amide bonds. The van der Waals surface area contributed by atoms with Gasteiger partial charge >= 0.3 is 0 Å². The number of amides is 1. The fraction of sp³-hybridized carbons (Fsp3) is 0.323. The predicted octanol–water partition coefficient (Wildman–Crippen LogP) is 2.99. The van der Waals surface area contributed by atoms with E-state index in [2.05, 4.69) is 82.1 Å². The standard InChI is InChI=1S/C31H35N5O4Si/c1-30(2,3)28(39)36-29-34-26-25(27(38)35-29)33-21(19-32-26)17-18-22(37)20-40-41(31(4,5)6,23-13-9-7-10-14-23)24-15-11-8-12-16-24/h7-16,19,22,37H,20H2,1-6H3,(H2,32,34,35,36,38,39). The van der Waals surface area contributed by atoms with Crippen LogP contribution in [0.15, 0.2) is 71.7 Å². The summed E-state index contributed by atoms with van der Waals surface area (Å²) >= 11 is 0. The van der Waals surface area contributed by atoms with E-state index in [4.69, 9.17) is 4.43 Å². The first-order valence-corrected chi connectivity index (χ1v) is 15.3.